The largest absolute Gasteiger partial charge is 0.391 e. The fourth-order valence-electron chi connectivity index (χ4n) is 2.42. The third-order valence-electron chi connectivity index (χ3n) is 3.94. The molecule has 19 heavy (non-hydrogen) atoms. The predicted molar refractivity (Wildman–Crippen MR) is 79.3 cm³/mol. The molecule has 0 aliphatic carbocycles. The highest BCUT2D eigenvalue weighted by molar-refractivity contribution is 9.10. The summed E-state index contributed by atoms with van der Waals surface area (Å²) in [5, 5.41) is 9.91. The number of carbonyl (C=O) groups excluding carboxylic acids is 1. The smallest absolute Gasteiger partial charge is 0.254 e. The van der Waals surface area contributed by atoms with E-state index in [1.165, 1.54) is 0 Å². The summed E-state index contributed by atoms with van der Waals surface area (Å²) >= 11 is 3.48. The predicted octanol–water partition coefficient (Wildman–Crippen LogP) is 2.91. The van der Waals surface area contributed by atoms with Gasteiger partial charge in [-0.25, -0.2) is 0 Å². The van der Waals surface area contributed by atoms with Crippen molar-refractivity contribution in [2.45, 2.75) is 33.3 Å². The molecule has 1 saturated heterocycles. The van der Waals surface area contributed by atoms with E-state index in [9.17, 15) is 9.90 Å². The zero-order chi connectivity index (χ0) is 14.2. The lowest BCUT2D eigenvalue weighted by Crippen LogP contribution is -2.46. The number of hydrogen-bond donors (Lipinski definition) is 1. The van der Waals surface area contributed by atoms with E-state index in [0.29, 0.717) is 6.54 Å². The molecule has 1 heterocycles. The number of benzene rings is 1. The number of aryl methyl sites for hydroxylation is 2. The molecule has 0 bridgehead atoms. The number of rotatable bonds is 1. The highest BCUT2D eigenvalue weighted by Crippen LogP contribution is 2.24. The summed E-state index contributed by atoms with van der Waals surface area (Å²) in [7, 11) is 0. The summed E-state index contributed by atoms with van der Waals surface area (Å²) < 4.78 is 1.02. The molecular weight excluding hydrogens is 306 g/mol. The van der Waals surface area contributed by atoms with E-state index in [-0.39, 0.29) is 11.8 Å². The molecule has 1 N–H and O–H groups in total. The van der Waals surface area contributed by atoms with Gasteiger partial charge >= 0.3 is 0 Å². The number of halogens is 1. The topological polar surface area (TPSA) is 40.5 Å². The Labute approximate surface area is 122 Å². The van der Waals surface area contributed by atoms with Gasteiger partial charge in [0.25, 0.3) is 5.91 Å². The Bertz CT molecular complexity index is 501. The Hall–Kier alpha value is -0.870. The Morgan fingerprint density at radius 2 is 2.05 bits per heavy atom. The van der Waals surface area contributed by atoms with Crippen LogP contribution in [0.15, 0.2) is 16.6 Å². The van der Waals surface area contributed by atoms with Gasteiger partial charge in [-0.15, -0.1) is 0 Å². The van der Waals surface area contributed by atoms with Gasteiger partial charge in [-0.05, 0) is 49.4 Å². The molecule has 104 valence electrons. The third kappa shape index (κ3) is 3.00. The summed E-state index contributed by atoms with van der Waals surface area (Å²) in [5.41, 5.74) is 2.76. The highest BCUT2D eigenvalue weighted by atomic mass is 79.9. The van der Waals surface area contributed by atoms with Crippen LogP contribution in [0.2, 0.25) is 0 Å². The first kappa shape index (κ1) is 14.5. The van der Waals surface area contributed by atoms with Gasteiger partial charge in [-0.3, -0.25) is 4.79 Å². The number of carbonyl (C=O) groups is 1. The molecule has 2 atom stereocenters. The summed E-state index contributed by atoms with van der Waals surface area (Å²) in [5.74, 6) is 0.302. The molecule has 1 aromatic carbocycles. The summed E-state index contributed by atoms with van der Waals surface area (Å²) in [4.78, 5) is 14.3. The Morgan fingerprint density at radius 1 is 1.37 bits per heavy atom. The quantitative estimate of drug-likeness (QED) is 0.862. The van der Waals surface area contributed by atoms with Gasteiger partial charge in [0.15, 0.2) is 0 Å². The lowest BCUT2D eigenvalue weighted by Gasteiger charge is -2.34. The fourth-order valence-corrected chi connectivity index (χ4v) is 2.87. The van der Waals surface area contributed by atoms with Gasteiger partial charge in [0.1, 0.15) is 0 Å². The van der Waals surface area contributed by atoms with Gasteiger partial charge in [-0.1, -0.05) is 22.9 Å². The van der Waals surface area contributed by atoms with Crippen molar-refractivity contribution in [1.82, 2.24) is 4.90 Å². The maximum atomic E-state index is 12.5. The van der Waals surface area contributed by atoms with Crippen LogP contribution < -0.4 is 0 Å². The van der Waals surface area contributed by atoms with Crippen LogP contribution in [0.3, 0.4) is 0 Å². The van der Waals surface area contributed by atoms with Crippen molar-refractivity contribution in [3.8, 4) is 0 Å². The van der Waals surface area contributed by atoms with E-state index in [1.807, 2.05) is 32.9 Å². The number of aliphatic hydroxyl groups excluding tert-OH is 1. The first-order chi connectivity index (χ1) is 8.90. The second-order valence-corrected chi connectivity index (χ2v) is 6.36. The van der Waals surface area contributed by atoms with Crippen LogP contribution in [0, 0.1) is 19.8 Å². The molecule has 1 amide bonds. The lowest BCUT2D eigenvalue weighted by molar-refractivity contribution is 0.0248. The third-order valence-corrected chi connectivity index (χ3v) is 4.80. The number of β-amino-alcohol motifs (C(OH)–C–C–N with tert-alkyl or cyclic N) is 1. The van der Waals surface area contributed by atoms with Gasteiger partial charge < -0.3 is 10.0 Å². The minimum Gasteiger partial charge on any atom is -0.391 e. The first-order valence-corrected chi connectivity index (χ1v) is 7.43. The van der Waals surface area contributed by atoms with Crippen molar-refractivity contribution in [2.24, 2.45) is 5.92 Å². The van der Waals surface area contributed by atoms with Gasteiger partial charge in [0, 0.05) is 23.1 Å². The van der Waals surface area contributed by atoms with Crippen LogP contribution in [0.1, 0.15) is 34.8 Å². The number of aliphatic hydroxyl groups is 1. The SMILES string of the molecule is Cc1cc(C(=O)N2CCC(C)C(O)C2)c(C)cc1Br. The van der Waals surface area contributed by atoms with Crippen LogP contribution in [0.5, 0.6) is 0 Å². The molecule has 1 aromatic rings. The first-order valence-electron chi connectivity index (χ1n) is 6.64. The fraction of sp³-hybridized carbons (Fsp3) is 0.533. The van der Waals surface area contributed by atoms with Crippen molar-refractivity contribution in [2.75, 3.05) is 13.1 Å². The minimum atomic E-state index is -0.408. The second-order valence-electron chi connectivity index (χ2n) is 5.50. The minimum absolute atomic E-state index is 0.0269. The van der Waals surface area contributed by atoms with Crippen LogP contribution in [-0.2, 0) is 0 Å². The van der Waals surface area contributed by atoms with E-state index in [2.05, 4.69) is 15.9 Å². The summed E-state index contributed by atoms with van der Waals surface area (Å²) in [6.45, 7) is 7.12. The van der Waals surface area contributed by atoms with Crippen LogP contribution in [0.25, 0.3) is 0 Å². The van der Waals surface area contributed by atoms with E-state index < -0.39 is 6.10 Å². The van der Waals surface area contributed by atoms with Gasteiger partial charge in [0.2, 0.25) is 0 Å². The molecule has 1 aliphatic heterocycles. The number of likely N-dealkylation sites (tertiary alicyclic amines) is 1. The molecule has 3 nitrogen and oxygen atoms in total. The van der Waals surface area contributed by atoms with Gasteiger partial charge in [0.05, 0.1) is 6.10 Å². The average Bonchev–Trinajstić information content (AvgIpc) is 2.36. The standard InChI is InChI=1S/C15H20BrNO2/c1-9-4-5-17(8-14(9)18)15(19)12-6-11(3)13(16)7-10(12)2/h6-7,9,14,18H,4-5,8H2,1-3H3. The molecule has 0 radical (unpaired) electrons. The Balaban J connectivity index is 2.23. The van der Waals surface area contributed by atoms with E-state index in [4.69, 9.17) is 0 Å². The number of amides is 1. The zero-order valence-corrected chi connectivity index (χ0v) is 13.2. The number of hydrogen-bond acceptors (Lipinski definition) is 2. The monoisotopic (exact) mass is 325 g/mol. The molecule has 1 aliphatic rings. The lowest BCUT2D eigenvalue weighted by atomic mass is 9.95. The van der Waals surface area contributed by atoms with Crippen molar-refractivity contribution in [1.29, 1.82) is 0 Å². The van der Waals surface area contributed by atoms with E-state index >= 15 is 0 Å². The van der Waals surface area contributed by atoms with Gasteiger partial charge in [-0.2, -0.15) is 0 Å². The van der Waals surface area contributed by atoms with E-state index in [1.54, 1.807) is 4.90 Å². The maximum absolute atomic E-state index is 12.5. The molecular formula is C15H20BrNO2. The van der Waals surface area contributed by atoms with Crippen molar-refractivity contribution in [3.63, 3.8) is 0 Å². The molecule has 0 aromatic heterocycles. The highest BCUT2D eigenvalue weighted by Gasteiger charge is 2.28. The van der Waals surface area contributed by atoms with Crippen molar-refractivity contribution >= 4 is 21.8 Å². The Kier molecular flexibility index (Phi) is 4.31. The zero-order valence-electron chi connectivity index (χ0n) is 11.6. The number of piperidine rings is 1. The van der Waals surface area contributed by atoms with Crippen molar-refractivity contribution < 1.29 is 9.90 Å². The van der Waals surface area contributed by atoms with E-state index in [0.717, 1.165) is 34.1 Å². The average molecular weight is 326 g/mol. The molecule has 2 unspecified atom stereocenters. The van der Waals surface area contributed by atoms with Crippen LogP contribution in [0.4, 0.5) is 0 Å². The molecule has 4 heteroatoms. The maximum Gasteiger partial charge on any atom is 0.254 e. The Morgan fingerprint density at radius 3 is 2.68 bits per heavy atom. The molecule has 1 fully saturated rings. The van der Waals surface area contributed by atoms with Crippen LogP contribution >= 0.6 is 15.9 Å². The molecule has 0 spiro atoms. The number of nitrogens with zero attached hydrogens (tertiary/aromatic N) is 1. The second kappa shape index (κ2) is 5.63. The molecule has 0 saturated carbocycles. The summed E-state index contributed by atoms with van der Waals surface area (Å²) in [6.07, 6.45) is 0.455. The normalized spacial score (nSPS) is 23.5. The molecule has 2 rings (SSSR count). The summed E-state index contributed by atoms with van der Waals surface area (Å²) in [6, 6.07) is 3.90. The van der Waals surface area contributed by atoms with Crippen molar-refractivity contribution in [3.05, 3.63) is 33.3 Å². The van der Waals surface area contributed by atoms with Crippen LogP contribution in [-0.4, -0.2) is 35.1 Å².